The molecule has 2 rings (SSSR count). The van der Waals surface area contributed by atoms with Crippen molar-refractivity contribution in [3.63, 3.8) is 0 Å². The van der Waals surface area contributed by atoms with Crippen LogP contribution in [0.15, 0.2) is 36.5 Å². The summed E-state index contributed by atoms with van der Waals surface area (Å²) in [5.74, 6) is 0. The lowest BCUT2D eigenvalue weighted by Crippen LogP contribution is -2.04. The van der Waals surface area contributed by atoms with Crippen LogP contribution in [0.3, 0.4) is 0 Å². The number of anilines is 1. The molecule has 19 heavy (non-hydrogen) atoms. The highest BCUT2D eigenvalue weighted by molar-refractivity contribution is 5.65. The first kappa shape index (κ1) is 13.4. The number of hydrogen-bond acceptors (Lipinski definition) is 3. The molecule has 0 aliphatic heterocycles. The van der Waals surface area contributed by atoms with Gasteiger partial charge in [0.25, 0.3) is 0 Å². The Labute approximate surface area is 107 Å². The van der Waals surface area contributed by atoms with Gasteiger partial charge in [0.1, 0.15) is 0 Å². The van der Waals surface area contributed by atoms with E-state index in [1.807, 2.05) is 0 Å². The first-order chi connectivity index (χ1) is 8.91. The molecule has 0 radical (unpaired) electrons. The standard InChI is InChI=1S/C13H11F3N2O/c14-13(15,16)10-3-1-8(2-4-10)12-9(7-19)5-11(17)6-18-12/h1-6,19H,7,17H2. The minimum absolute atomic E-state index is 0.283. The molecule has 3 N–H and O–H groups in total. The van der Waals surface area contributed by atoms with E-state index in [4.69, 9.17) is 5.73 Å². The molecule has 0 bridgehead atoms. The van der Waals surface area contributed by atoms with Gasteiger partial charge in [-0.15, -0.1) is 0 Å². The predicted octanol–water partition coefficient (Wildman–Crippen LogP) is 2.84. The number of nitrogens with two attached hydrogens (primary N) is 1. The molecule has 0 fully saturated rings. The minimum atomic E-state index is -4.37. The van der Waals surface area contributed by atoms with Crippen LogP contribution < -0.4 is 5.73 Å². The molecule has 0 atom stereocenters. The lowest BCUT2D eigenvalue weighted by atomic mass is 10.0. The van der Waals surface area contributed by atoms with Gasteiger partial charge in [0.2, 0.25) is 0 Å². The quantitative estimate of drug-likeness (QED) is 0.880. The lowest BCUT2D eigenvalue weighted by molar-refractivity contribution is -0.137. The Morgan fingerprint density at radius 3 is 2.32 bits per heavy atom. The van der Waals surface area contributed by atoms with Gasteiger partial charge in [-0.1, -0.05) is 12.1 Å². The molecule has 0 spiro atoms. The number of hydrogen-bond donors (Lipinski definition) is 2. The summed E-state index contributed by atoms with van der Waals surface area (Å²) in [5.41, 5.74) is 6.59. The summed E-state index contributed by atoms with van der Waals surface area (Å²) in [4.78, 5) is 4.04. The van der Waals surface area contributed by atoms with Gasteiger partial charge >= 0.3 is 6.18 Å². The summed E-state index contributed by atoms with van der Waals surface area (Å²) in [6, 6.07) is 6.14. The maximum atomic E-state index is 12.4. The highest BCUT2D eigenvalue weighted by atomic mass is 19.4. The summed E-state index contributed by atoms with van der Waals surface area (Å²) in [7, 11) is 0. The van der Waals surface area contributed by atoms with Crippen molar-refractivity contribution in [1.82, 2.24) is 4.98 Å². The van der Waals surface area contributed by atoms with Crippen molar-refractivity contribution in [2.45, 2.75) is 12.8 Å². The van der Waals surface area contributed by atoms with E-state index < -0.39 is 11.7 Å². The number of nitrogens with zero attached hydrogens (tertiary/aromatic N) is 1. The number of pyridine rings is 1. The third-order valence-corrected chi connectivity index (χ3v) is 2.64. The molecule has 100 valence electrons. The third kappa shape index (κ3) is 2.85. The normalized spacial score (nSPS) is 11.6. The number of nitrogen functional groups attached to an aromatic ring is 1. The topological polar surface area (TPSA) is 59.1 Å². The van der Waals surface area contributed by atoms with Crippen LogP contribution in [0.5, 0.6) is 0 Å². The molecule has 2 aromatic rings. The van der Waals surface area contributed by atoms with E-state index in [0.29, 0.717) is 22.5 Å². The summed E-state index contributed by atoms with van der Waals surface area (Å²) >= 11 is 0. The van der Waals surface area contributed by atoms with Crippen LogP contribution in [0.2, 0.25) is 0 Å². The van der Waals surface area contributed by atoms with Gasteiger partial charge in [-0.25, -0.2) is 0 Å². The molecule has 1 heterocycles. The number of rotatable bonds is 2. The first-order valence-electron chi connectivity index (χ1n) is 5.44. The zero-order chi connectivity index (χ0) is 14.0. The zero-order valence-corrected chi connectivity index (χ0v) is 9.78. The second-order valence-electron chi connectivity index (χ2n) is 4.01. The van der Waals surface area contributed by atoms with Crippen LogP contribution >= 0.6 is 0 Å². The Balaban J connectivity index is 2.43. The van der Waals surface area contributed by atoms with Crippen LogP contribution in [0.1, 0.15) is 11.1 Å². The van der Waals surface area contributed by atoms with Crippen molar-refractivity contribution in [2.75, 3.05) is 5.73 Å². The van der Waals surface area contributed by atoms with Gasteiger partial charge in [-0.2, -0.15) is 13.2 Å². The van der Waals surface area contributed by atoms with Crippen LogP contribution in [0.4, 0.5) is 18.9 Å². The first-order valence-corrected chi connectivity index (χ1v) is 5.44. The molecule has 1 aromatic carbocycles. The number of benzene rings is 1. The van der Waals surface area contributed by atoms with Gasteiger partial charge in [-0.05, 0) is 18.2 Å². The molecule has 1 aromatic heterocycles. The number of halogens is 3. The summed E-state index contributed by atoms with van der Waals surface area (Å²) in [5, 5.41) is 9.21. The van der Waals surface area contributed by atoms with E-state index in [1.54, 1.807) is 6.07 Å². The minimum Gasteiger partial charge on any atom is -0.397 e. The third-order valence-electron chi connectivity index (χ3n) is 2.64. The smallest absolute Gasteiger partial charge is 0.397 e. The SMILES string of the molecule is Nc1cnc(-c2ccc(C(F)(F)F)cc2)c(CO)c1. The van der Waals surface area contributed by atoms with Crippen molar-refractivity contribution in [1.29, 1.82) is 0 Å². The molecule has 0 amide bonds. The molecule has 6 heteroatoms. The fraction of sp³-hybridized carbons (Fsp3) is 0.154. The molecule has 0 aliphatic rings. The number of aromatic nitrogens is 1. The van der Waals surface area contributed by atoms with E-state index >= 15 is 0 Å². The van der Waals surface area contributed by atoms with Gasteiger partial charge in [0.15, 0.2) is 0 Å². The Morgan fingerprint density at radius 2 is 1.79 bits per heavy atom. The Bertz CT molecular complexity index is 579. The highest BCUT2D eigenvalue weighted by Gasteiger charge is 2.30. The van der Waals surface area contributed by atoms with Crippen LogP contribution in [-0.2, 0) is 12.8 Å². The van der Waals surface area contributed by atoms with Crippen LogP contribution in [0.25, 0.3) is 11.3 Å². The zero-order valence-electron chi connectivity index (χ0n) is 9.78. The van der Waals surface area contributed by atoms with Gasteiger partial charge in [0.05, 0.1) is 29.7 Å². The monoisotopic (exact) mass is 268 g/mol. The van der Waals surface area contributed by atoms with E-state index in [0.717, 1.165) is 12.1 Å². The molecule has 0 saturated heterocycles. The van der Waals surface area contributed by atoms with Crippen molar-refractivity contribution < 1.29 is 18.3 Å². The predicted molar refractivity (Wildman–Crippen MR) is 65.0 cm³/mol. The van der Waals surface area contributed by atoms with Crippen molar-refractivity contribution in [2.24, 2.45) is 0 Å². The number of aliphatic hydroxyl groups is 1. The van der Waals surface area contributed by atoms with E-state index in [1.165, 1.54) is 18.3 Å². The Hall–Kier alpha value is -2.08. The van der Waals surface area contributed by atoms with E-state index in [2.05, 4.69) is 4.98 Å². The fourth-order valence-corrected chi connectivity index (χ4v) is 1.73. The average molecular weight is 268 g/mol. The molecule has 0 saturated carbocycles. The van der Waals surface area contributed by atoms with Crippen LogP contribution in [0, 0.1) is 0 Å². The number of aliphatic hydroxyl groups excluding tert-OH is 1. The van der Waals surface area contributed by atoms with E-state index in [-0.39, 0.29) is 6.61 Å². The van der Waals surface area contributed by atoms with Crippen molar-refractivity contribution in [3.05, 3.63) is 47.7 Å². The number of alkyl halides is 3. The molecular formula is C13H11F3N2O. The summed E-state index contributed by atoms with van der Waals surface area (Å²) in [6.45, 7) is -0.283. The molecule has 0 aliphatic carbocycles. The average Bonchev–Trinajstić information content (AvgIpc) is 2.37. The largest absolute Gasteiger partial charge is 0.416 e. The maximum Gasteiger partial charge on any atom is 0.416 e. The highest BCUT2D eigenvalue weighted by Crippen LogP contribution is 2.31. The Morgan fingerprint density at radius 1 is 1.16 bits per heavy atom. The fourth-order valence-electron chi connectivity index (χ4n) is 1.73. The molecular weight excluding hydrogens is 257 g/mol. The lowest BCUT2D eigenvalue weighted by Gasteiger charge is -2.10. The van der Waals surface area contributed by atoms with E-state index in [9.17, 15) is 18.3 Å². The van der Waals surface area contributed by atoms with Crippen LogP contribution in [-0.4, -0.2) is 10.1 Å². The second kappa shape index (κ2) is 4.89. The van der Waals surface area contributed by atoms with Gasteiger partial charge < -0.3 is 10.8 Å². The second-order valence-corrected chi connectivity index (χ2v) is 4.01. The van der Waals surface area contributed by atoms with Gasteiger partial charge in [-0.3, -0.25) is 4.98 Å². The van der Waals surface area contributed by atoms with Gasteiger partial charge in [0, 0.05) is 11.1 Å². The van der Waals surface area contributed by atoms with Crippen molar-refractivity contribution >= 4 is 5.69 Å². The summed E-state index contributed by atoms with van der Waals surface area (Å²) in [6.07, 6.45) is -2.97. The molecule has 3 nitrogen and oxygen atoms in total. The Kier molecular flexibility index (Phi) is 3.44. The summed E-state index contributed by atoms with van der Waals surface area (Å²) < 4.78 is 37.3. The maximum absolute atomic E-state index is 12.4. The molecule has 0 unspecified atom stereocenters. The van der Waals surface area contributed by atoms with Crippen molar-refractivity contribution in [3.8, 4) is 11.3 Å².